The highest BCUT2D eigenvalue weighted by Gasteiger charge is 2.18. The molecule has 0 aliphatic heterocycles. The lowest BCUT2D eigenvalue weighted by Gasteiger charge is -2.03. The van der Waals surface area contributed by atoms with Crippen LogP contribution in [0.5, 0.6) is 0 Å². The first kappa shape index (κ1) is 13.7. The molecule has 108 valence electrons. The van der Waals surface area contributed by atoms with Gasteiger partial charge in [-0.2, -0.15) is 0 Å². The minimum absolute atomic E-state index is 0.259. The van der Waals surface area contributed by atoms with Gasteiger partial charge in [-0.1, -0.05) is 11.6 Å². The number of aromatic amines is 2. The van der Waals surface area contributed by atoms with Gasteiger partial charge in [0.15, 0.2) is 0 Å². The maximum atomic E-state index is 12.0. The van der Waals surface area contributed by atoms with Gasteiger partial charge in [0, 0.05) is 22.4 Å². The van der Waals surface area contributed by atoms with Gasteiger partial charge in [-0.05, 0) is 31.5 Å². The molecule has 0 saturated heterocycles. The first-order valence-electron chi connectivity index (χ1n) is 6.54. The number of ether oxygens (including phenoxy) is 1. The van der Waals surface area contributed by atoms with Crippen LogP contribution in [0, 0.1) is 6.92 Å². The summed E-state index contributed by atoms with van der Waals surface area (Å²) < 4.78 is 5.04. The average Bonchev–Trinajstić information content (AvgIpc) is 2.76. The Bertz CT molecular complexity index is 924. The molecule has 6 heteroatoms. The van der Waals surface area contributed by atoms with Crippen molar-refractivity contribution in [1.82, 2.24) is 9.97 Å². The van der Waals surface area contributed by atoms with Gasteiger partial charge < -0.3 is 14.7 Å². The Morgan fingerprint density at radius 1 is 1.24 bits per heavy atom. The smallest absolute Gasteiger partial charge is 0.355 e. The van der Waals surface area contributed by atoms with Crippen molar-refractivity contribution < 1.29 is 9.53 Å². The van der Waals surface area contributed by atoms with E-state index in [0.29, 0.717) is 22.8 Å². The highest BCUT2D eigenvalue weighted by molar-refractivity contribution is 6.37. The van der Waals surface area contributed by atoms with Gasteiger partial charge in [-0.3, -0.25) is 4.79 Å². The van der Waals surface area contributed by atoms with Crippen LogP contribution in [0.2, 0.25) is 5.02 Å². The Kier molecular flexibility index (Phi) is 3.22. The van der Waals surface area contributed by atoms with Crippen LogP contribution in [0.3, 0.4) is 0 Å². The number of carbonyl (C=O) groups excluding carboxylic acids is 1. The molecule has 3 rings (SSSR count). The van der Waals surface area contributed by atoms with E-state index >= 15 is 0 Å². The van der Waals surface area contributed by atoms with Crippen molar-refractivity contribution in [3.05, 3.63) is 44.8 Å². The minimum atomic E-state index is -0.403. The van der Waals surface area contributed by atoms with E-state index in [1.165, 1.54) is 6.07 Å². The maximum absolute atomic E-state index is 12.0. The van der Waals surface area contributed by atoms with Gasteiger partial charge in [0.2, 0.25) is 5.56 Å². The zero-order chi connectivity index (χ0) is 15.1. The molecule has 0 aliphatic rings. The Hall–Kier alpha value is -2.27. The van der Waals surface area contributed by atoms with E-state index in [0.717, 1.165) is 21.9 Å². The highest BCUT2D eigenvalue weighted by Crippen LogP contribution is 2.33. The fourth-order valence-corrected chi connectivity index (χ4v) is 2.86. The van der Waals surface area contributed by atoms with Crippen molar-refractivity contribution in [1.29, 1.82) is 0 Å². The van der Waals surface area contributed by atoms with E-state index in [-0.39, 0.29) is 5.56 Å². The Balaban J connectivity index is 2.40. The fraction of sp³-hybridized carbons (Fsp3) is 0.200. The van der Waals surface area contributed by atoms with E-state index in [1.54, 1.807) is 19.1 Å². The second-order valence-corrected chi connectivity index (χ2v) is 5.14. The largest absolute Gasteiger partial charge is 0.461 e. The zero-order valence-electron chi connectivity index (χ0n) is 11.5. The topological polar surface area (TPSA) is 75.0 Å². The maximum Gasteiger partial charge on any atom is 0.355 e. The molecule has 0 unspecified atom stereocenters. The first-order valence-corrected chi connectivity index (χ1v) is 6.91. The van der Waals surface area contributed by atoms with Crippen LogP contribution in [0.4, 0.5) is 0 Å². The average molecular weight is 305 g/mol. The highest BCUT2D eigenvalue weighted by atomic mass is 35.5. The summed E-state index contributed by atoms with van der Waals surface area (Å²) in [5, 5.41) is 1.90. The number of aromatic nitrogens is 2. The number of hydrogen-bond acceptors (Lipinski definition) is 3. The Labute approximate surface area is 124 Å². The summed E-state index contributed by atoms with van der Waals surface area (Å²) in [7, 11) is 0. The molecule has 2 N–H and O–H groups in total. The molecule has 0 spiro atoms. The summed E-state index contributed by atoms with van der Waals surface area (Å²) in [5.41, 5.74) is 2.31. The summed E-state index contributed by atoms with van der Waals surface area (Å²) in [6, 6.07) is 4.90. The van der Waals surface area contributed by atoms with Crippen molar-refractivity contribution >= 4 is 39.4 Å². The fourth-order valence-electron chi connectivity index (χ4n) is 2.57. The molecule has 0 radical (unpaired) electrons. The molecule has 0 bridgehead atoms. The molecule has 0 aliphatic carbocycles. The van der Waals surface area contributed by atoms with Gasteiger partial charge in [0.1, 0.15) is 5.69 Å². The molecule has 2 heterocycles. The number of benzene rings is 1. The lowest BCUT2D eigenvalue weighted by atomic mass is 10.1. The van der Waals surface area contributed by atoms with E-state index in [1.807, 2.05) is 6.92 Å². The SMILES string of the molecule is CCOC(=O)c1[nH]c2ccc3[nH]c(=O)cc(Cl)c3c2c1C. The number of nitrogens with one attached hydrogen (secondary N) is 2. The standard InChI is InChI=1S/C15H13ClN2O3/c1-3-21-15(20)14-7(2)12-9(18-14)4-5-10-13(12)8(16)6-11(19)17-10/h4-6,18H,3H2,1-2H3,(H,17,19). The molecule has 1 aromatic carbocycles. The third kappa shape index (κ3) is 2.10. The molecule has 5 nitrogen and oxygen atoms in total. The van der Waals surface area contributed by atoms with Crippen molar-refractivity contribution in [3.8, 4) is 0 Å². The number of pyridine rings is 1. The summed E-state index contributed by atoms with van der Waals surface area (Å²) in [6.07, 6.45) is 0. The van der Waals surface area contributed by atoms with Crippen molar-refractivity contribution in [2.24, 2.45) is 0 Å². The monoisotopic (exact) mass is 304 g/mol. The third-order valence-electron chi connectivity index (χ3n) is 3.45. The summed E-state index contributed by atoms with van der Waals surface area (Å²) in [4.78, 5) is 29.3. The normalized spacial score (nSPS) is 11.2. The molecule has 0 atom stereocenters. The van der Waals surface area contributed by atoms with E-state index in [4.69, 9.17) is 16.3 Å². The Morgan fingerprint density at radius 2 is 1.90 bits per heavy atom. The van der Waals surface area contributed by atoms with Crippen LogP contribution >= 0.6 is 11.6 Å². The molecule has 0 amide bonds. The van der Waals surface area contributed by atoms with E-state index in [2.05, 4.69) is 9.97 Å². The number of hydrogen-bond donors (Lipinski definition) is 2. The predicted octanol–water partition coefficient (Wildman–Crippen LogP) is 3.15. The lowest BCUT2D eigenvalue weighted by molar-refractivity contribution is 0.0520. The number of rotatable bonds is 2. The number of aryl methyl sites for hydroxylation is 1. The zero-order valence-corrected chi connectivity index (χ0v) is 12.3. The van der Waals surface area contributed by atoms with Crippen LogP contribution in [0.15, 0.2) is 23.0 Å². The number of halogens is 1. The second-order valence-electron chi connectivity index (χ2n) is 4.74. The lowest BCUT2D eigenvalue weighted by Crippen LogP contribution is -2.06. The molecule has 0 fully saturated rings. The summed E-state index contributed by atoms with van der Waals surface area (Å²) >= 11 is 6.21. The summed E-state index contributed by atoms with van der Waals surface area (Å²) in [6.45, 7) is 3.89. The quantitative estimate of drug-likeness (QED) is 0.714. The number of carbonyl (C=O) groups is 1. The van der Waals surface area contributed by atoms with Crippen LogP contribution in [-0.4, -0.2) is 22.5 Å². The van der Waals surface area contributed by atoms with Gasteiger partial charge in [-0.25, -0.2) is 4.79 Å². The van der Waals surface area contributed by atoms with Gasteiger partial charge in [0.25, 0.3) is 0 Å². The van der Waals surface area contributed by atoms with E-state index in [9.17, 15) is 9.59 Å². The third-order valence-corrected chi connectivity index (χ3v) is 3.75. The van der Waals surface area contributed by atoms with E-state index < -0.39 is 5.97 Å². The van der Waals surface area contributed by atoms with Crippen LogP contribution < -0.4 is 5.56 Å². The molecule has 2 aromatic heterocycles. The summed E-state index contributed by atoms with van der Waals surface area (Å²) in [5.74, 6) is -0.403. The molecular formula is C15H13ClN2O3. The number of esters is 1. The van der Waals surface area contributed by atoms with Gasteiger partial charge in [-0.15, -0.1) is 0 Å². The van der Waals surface area contributed by atoms with Crippen LogP contribution in [0.25, 0.3) is 21.8 Å². The van der Waals surface area contributed by atoms with Crippen molar-refractivity contribution in [3.63, 3.8) is 0 Å². The van der Waals surface area contributed by atoms with Crippen molar-refractivity contribution in [2.75, 3.05) is 6.61 Å². The molecule has 0 saturated carbocycles. The number of fused-ring (bicyclic) bond motifs is 3. The van der Waals surface area contributed by atoms with Gasteiger partial charge >= 0.3 is 5.97 Å². The Morgan fingerprint density at radius 3 is 2.57 bits per heavy atom. The van der Waals surface area contributed by atoms with Crippen LogP contribution in [0.1, 0.15) is 23.0 Å². The number of H-pyrrole nitrogens is 2. The molecule has 3 aromatic rings. The van der Waals surface area contributed by atoms with Gasteiger partial charge in [0.05, 0.1) is 17.1 Å². The predicted molar refractivity (Wildman–Crippen MR) is 82.1 cm³/mol. The first-order chi connectivity index (χ1) is 10.0. The second kappa shape index (κ2) is 4.93. The minimum Gasteiger partial charge on any atom is -0.461 e. The molecular weight excluding hydrogens is 292 g/mol. The molecule has 21 heavy (non-hydrogen) atoms. The van der Waals surface area contributed by atoms with Crippen LogP contribution in [-0.2, 0) is 4.74 Å². The van der Waals surface area contributed by atoms with Crippen molar-refractivity contribution in [2.45, 2.75) is 13.8 Å².